The van der Waals surface area contributed by atoms with Crippen molar-refractivity contribution in [2.24, 2.45) is 0 Å². The van der Waals surface area contributed by atoms with Gasteiger partial charge in [0, 0.05) is 32.5 Å². The maximum Gasteiger partial charge on any atom is 0.145 e. The third-order valence-corrected chi connectivity index (χ3v) is 4.27. The Morgan fingerprint density at radius 2 is 2.19 bits per heavy atom. The van der Waals surface area contributed by atoms with Crippen LogP contribution in [0.3, 0.4) is 0 Å². The van der Waals surface area contributed by atoms with Crippen molar-refractivity contribution < 1.29 is 4.74 Å². The summed E-state index contributed by atoms with van der Waals surface area (Å²) in [7, 11) is 1.68. The monoisotopic (exact) mass is 354 g/mol. The molecule has 7 nitrogen and oxygen atoms in total. The third kappa shape index (κ3) is 4.36. The van der Waals surface area contributed by atoms with Crippen LogP contribution < -0.4 is 10.6 Å². The largest absolute Gasteiger partial charge is 0.385 e. The Morgan fingerprint density at radius 3 is 2.92 bits per heavy atom. The van der Waals surface area contributed by atoms with Gasteiger partial charge in [-0.2, -0.15) is 0 Å². The zero-order valence-corrected chi connectivity index (χ0v) is 15.6. The van der Waals surface area contributed by atoms with Crippen LogP contribution in [0.25, 0.3) is 17.0 Å². The number of rotatable bonds is 4. The van der Waals surface area contributed by atoms with E-state index in [9.17, 15) is 0 Å². The number of aryl methyl sites for hydroxylation is 1. The minimum atomic E-state index is 0.425. The van der Waals surface area contributed by atoms with Gasteiger partial charge in [-0.05, 0) is 44.5 Å². The number of fused-ring (bicyclic) bond motifs is 1. The number of anilines is 1. The summed E-state index contributed by atoms with van der Waals surface area (Å²) in [5, 5.41) is 6.77. The van der Waals surface area contributed by atoms with Crippen molar-refractivity contribution in [3.8, 4) is 11.4 Å². The van der Waals surface area contributed by atoms with Crippen molar-refractivity contribution in [2.45, 2.75) is 26.3 Å². The lowest BCUT2D eigenvalue weighted by Crippen LogP contribution is -2.22. The summed E-state index contributed by atoms with van der Waals surface area (Å²) in [6.45, 7) is 6.87. The van der Waals surface area contributed by atoms with E-state index >= 15 is 0 Å². The van der Waals surface area contributed by atoms with Crippen molar-refractivity contribution in [1.29, 1.82) is 0 Å². The van der Waals surface area contributed by atoms with Gasteiger partial charge in [0.1, 0.15) is 17.2 Å². The zero-order valence-electron chi connectivity index (χ0n) is 15.6. The van der Waals surface area contributed by atoms with E-state index in [0.717, 1.165) is 49.0 Å². The molecule has 0 aromatic carbocycles. The molecule has 0 amide bonds. The molecule has 7 heteroatoms. The molecule has 138 valence electrons. The molecule has 2 N–H and O–H groups in total. The number of aromatic nitrogens is 4. The summed E-state index contributed by atoms with van der Waals surface area (Å²) in [4.78, 5) is 13.5. The fraction of sp³-hybridized carbons (Fsp3) is 0.421. The van der Waals surface area contributed by atoms with Crippen LogP contribution in [0.1, 0.15) is 18.9 Å². The topological polar surface area (TPSA) is 76.4 Å². The molecule has 4 heterocycles. The summed E-state index contributed by atoms with van der Waals surface area (Å²) in [5.74, 6) is 0.813. The van der Waals surface area contributed by atoms with Gasteiger partial charge in [-0.1, -0.05) is 0 Å². The highest BCUT2D eigenvalue weighted by atomic mass is 16.5. The SMILES string of the molecule is CCOC.Cc1ccn2c(-c3cncc(NC4CCNC4)n3)cnc2c1. The second kappa shape index (κ2) is 8.73. The first-order valence-corrected chi connectivity index (χ1v) is 8.93. The second-order valence-corrected chi connectivity index (χ2v) is 6.28. The van der Waals surface area contributed by atoms with E-state index in [2.05, 4.69) is 49.4 Å². The van der Waals surface area contributed by atoms with E-state index in [-0.39, 0.29) is 0 Å². The lowest BCUT2D eigenvalue weighted by molar-refractivity contribution is 0.215. The maximum absolute atomic E-state index is 4.69. The molecule has 0 bridgehead atoms. The van der Waals surface area contributed by atoms with Crippen molar-refractivity contribution in [1.82, 2.24) is 24.7 Å². The van der Waals surface area contributed by atoms with E-state index in [4.69, 9.17) is 0 Å². The summed E-state index contributed by atoms with van der Waals surface area (Å²) in [5.41, 5.74) is 3.90. The van der Waals surface area contributed by atoms with E-state index in [1.165, 1.54) is 5.56 Å². The molecule has 1 unspecified atom stereocenters. The molecule has 3 aromatic rings. The van der Waals surface area contributed by atoms with Crippen LogP contribution in [-0.4, -0.2) is 52.2 Å². The summed E-state index contributed by atoms with van der Waals surface area (Å²) in [6, 6.07) is 4.55. The van der Waals surface area contributed by atoms with Crippen LogP contribution in [0.5, 0.6) is 0 Å². The highest BCUT2D eigenvalue weighted by molar-refractivity contribution is 5.61. The Balaban J connectivity index is 0.000000447. The molecule has 0 spiro atoms. The van der Waals surface area contributed by atoms with Gasteiger partial charge in [0.05, 0.1) is 24.3 Å². The number of methoxy groups -OCH3 is 1. The molecule has 1 aliphatic rings. The maximum atomic E-state index is 4.69. The van der Waals surface area contributed by atoms with Gasteiger partial charge >= 0.3 is 0 Å². The van der Waals surface area contributed by atoms with Crippen molar-refractivity contribution in [3.05, 3.63) is 42.5 Å². The molecule has 1 atom stereocenters. The van der Waals surface area contributed by atoms with Crippen molar-refractivity contribution in [3.63, 3.8) is 0 Å². The molecular weight excluding hydrogens is 328 g/mol. The van der Waals surface area contributed by atoms with Crippen LogP contribution in [0, 0.1) is 6.92 Å². The standard InChI is InChI=1S/C16H18N6.C3H8O/c1-11-3-5-22-14(9-19-16(22)6-11)13-8-18-10-15(21-13)20-12-2-4-17-7-12;1-3-4-2/h3,5-6,8-10,12,17H,2,4,7H2,1H3,(H,20,21);3H2,1-2H3. The Kier molecular flexibility index (Phi) is 6.14. The molecule has 0 saturated carbocycles. The minimum Gasteiger partial charge on any atom is -0.385 e. The Bertz CT molecular complexity index is 839. The number of hydrogen-bond donors (Lipinski definition) is 2. The molecule has 1 fully saturated rings. The Labute approximate surface area is 153 Å². The van der Waals surface area contributed by atoms with Crippen molar-refractivity contribution in [2.75, 3.05) is 32.1 Å². The normalized spacial score (nSPS) is 16.3. The average molecular weight is 354 g/mol. The highest BCUT2D eigenvalue weighted by Crippen LogP contribution is 2.20. The number of nitrogens with zero attached hydrogens (tertiary/aromatic N) is 4. The van der Waals surface area contributed by atoms with Gasteiger partial charge in [0.25, 0.3) is 0 Å². The predicted octanol–water partition coefficient (Wildman–Crippen LogP) is 2.53. The van der Waals surface area contributed by atoms with Gasteiger partial charge < -0.3 is 15.4 Å². The summed E-state index contributed by atoms with van der Waals surface area (Å²) >= 11 is 0. The van der Waals surface area contributed by atoms with Gasteiger partial charge in [-0.15, -0.1) is 0 Å². The third-order valence-electron chi connectivity index (χ3n) is 4.27. The molecule has 0 radical (unpaired) electrons. The first kappa shape index (κ1) is 18.3. The van der Waals surface area contributed by atoms with Gasteiger partial charge in [0.2, 0.25) is 0 Å². The van der Waals surface area contributed by atoms with E-state index in [1.807, 2.05) is 23.7 Å². The first-order chi connectivity index (χ1) is 12.7. The molecule has 1 aliphatic heterocycles. The molecule has 0 aliphatic carbocycles. The molecule has 1 saturated heterocycles. The van der Waals surface area contributed by atoms with Crippen molar-refractivity contribution >= 4 is 11.5 Å². The Morgan fingerprint density at radius 1 is 1.35 bits per heavy atom. The summed E-state index contributed by atoms with van der Waals surface area (Å²) < 4.78 is 6.58. The average Bonchev–Trinajstić information content (AvgIpc) is 3.31. The highest BCUT2D eigenvalue weighted by Gasteiger charge is 2.15. The smallest absolute Gasteiger partial charge is 0.145 e. The minimum absolute atomic E-state index is 0.425. The van der Waals surface area contributed by atoms with E-state index in [0.29, 0.717) is 6.04 Å². The number of hydrogen-bond acceptors (Lipinski definition) is 6. The first-order valence-electron chi connectivity index (χ1n) is 8.93. The van der Waals surface area contributed by atoms with Crippen LogP contribution >= 0.6 is 0 Å². The summed E-state index contributed by atoms with van der Waals surface area (Å²) in [6.07, 6.45) is 8.53. The lowest BCUT2D eigenvalue weighted by Gasteiger charge is -2.12. The lowest BCUT2D eigenvalue weighted by atomic mass is 10.2. The fourth-order valence-electron chi connectivity index (χ4n) is 2.82. The number of nitrogens with one attached hydrogen (secondary N) is 2. The number of ether oxygens (including phenoxy) is 1. The van der Waals surface area contributed by atoms with Crippen LogP contribution in [0.15, 0.2) is 36.9 Å². The van der Waals surface area contributed by atoms with Gasteiger partial charge in [-0.3, -0.25) is 9.38 Å². The fourth-order valence-corrected chi connectivity index (χ4v) is 2.82. The number of pyridine rings is 1. The Hall–Kier alpha value is -2.51. The van der Waals surface area contributed by atoms with E-state index in [1.54, 1.807) is 19.5 Å². The molecule has 4 rings (SSSR count). The van der Waals surface area contributed by atoms with Gasteiger partial charge in [0.15, 0.2) is 0 Å². The zero-order chi connectivity index (χ0) is 18.4. The molecular formula is C19H26N6O. The van der Waals surface area contributed by atoms with Crippen LogP contribution in [0.4, 0.5) is 5.82 Å². The van der Waals surface area contributed by atoms with Crippen LogP contribution in [-0.2, 0) is 4.74 Å². The second-order valence-electron chi connectivity index (χ2n) is 6.28. The molecule has 3 aromatic heterocycles. The quantitative estimate of drug-likeness (QED) is 0.750. The van der Waals surface area contributed by atoms with Crippen LogP contribution in [0.2, 0.25) is 0 Å². The number of imidazole rings is 1. The molecule has 26 heavy (non-hydrogen) atoms. The van der Waals surface area contributed by atoms with E-state index < -0.39 is 0 Å². The van der Waals surface area contributed by atoms with Gasteiger partial charge in [-0.25, -0.2) is 9.97 Å². The predicted molar refractivity (Wildman–Crippen MR) is 103 cm³/mol.